The number of aromatic nitrogens is 3. The van der Waals surface area contributed by atoms with E-state index in [0.29, 0.717) is 48.5 Å². The number of benzene rings is 2. The highest BCUT2D eigenvalue weighted by molar-refractivity contribution is 5.92. The summed E-state index contributed by atoms with van der Waals surface area (Å²) in [5.41, 5.74) is 3.06. The molecule has 8 nitrogen and oxygen atoms in total. The lowest BCUT2D eigenvalue weighted by Gasteiger charge is -2.28. The first-order valence-electron chi connectivity index (χ1n) is 11.1. The Morgan fingerprint density at radius 1 is 1.09 bits per heavy atom. The van der Waals surface area contributed by atoms with Crippen molar-refractivity contribution in [3.8, 4) is 11.5 Å². The predicted octanol–water partition coefficient (Wildman–Crippen LogP) is 4.50. The van der Waals surface area contributed by atoms with Crippen LogP contribution in [0.4, 0.5) is 5.95 Å². The minimum Gasteiger partial charge on any atom is -0.490 e. The van der Waals surface area contributed by atoms with Gasteiger partial charge in [-0.05, 0) is 43.5 Å². The molecule has 0 spiro atoms. The zero-order chi connectivity index (χ0) is 23.2. The molecule has 1 aliphatic rings. The van der Waals surface area contributed by atoms with Crippen LogP contribution in [-0.2, 0) is 16.1 Å². The fourth-order valence-electron chi connectivity index (χ4n) is 3.75. The Morgan fingerprint density at radius 3 is 2.67 bits per heavy atom. The number of nitrogens with zero attached hydrogens (tertiary/aromatic N) is 3. The average molecular weight is 449 g/mol. The fourth-order valence-corrected chi connectivity index (χ4v) is 3.75. The van der Waals surface area contributed by atoms with Crippen molar-refractivity contribution < 1.29 is 19.0 Å². The highest BCUT2D eigenvalue weighted by Crippen LogP contribution is 2.39. The van der Waals surface area contributed by atoms with Gasteiger partial charge in [-0.3, -0.25) is 0 Å². The van der Waals surface area contributed by atoms with Gasteiger partial charge in [0.1, 0.15) is 19.0 Å². The van der Waals surface area contributed by atoms with Crippen molar-refractivity contribution >= 4 is 11.9 Å². The van der Waals surface area contributed by atoms with Crippen LogP contribution in [0.2, 0.25) is 0 Å². The summed E-state index contributed by atoms with van der Waals surface area (Å²) in [7, 11) is 0. The van der Waals surface area contributed by atoms with Gasteiger partial charge in [-0.2, -0.15) is 10.1 Å². The van der Waals surface area contributed by atoms with Crippen molar-refractivity contribution in [1.82, 2.24) is 14.8 Å². The normalized spacial score (nSPS) is 14.9. The number of carbonyl (C=O) groups excluding carboxylic acids is 1. The van der Waals surface area contributed by atoms with Crippen LogP contribution in [0.25, 0.3) is 0 Å². The summed E-state index contributed by atoms with van der Waals surface area (Å²) < 4.78 is 19.1. The first-order chi connectivity index (χ1) is 16.1. The van der Waals surface area contributed by atoms with Crippen molar-refractivity contribution in [2.75, 3.05) is 18.5 Å². The van der Waals surface area contributed by atoms with E-state index in [1.807, 2.05) is 69.3 Å². The van der Waals surface area contributed by atoms with Crippen molar-refractivity contribution in [2.24, 2.45) is 0 Å². The van der Waals surface area contributed by atoms with E-state index in [0.717, 1.165) is 17.5 Å². The molecule has 172 valence electrons. The summed E-state index contributed by atoms with van der Waals surface area (Å²) in [6.45, 7) is 6.98. The second kappa shape index (κ2) is 10.2. The number of rotatable bonds is 9. The van der Waals surface area contributed by atoms with Crippen LogP contribution < -0.4 is 14.8 Å². The van der Waals surface area contributed by atoms with Gasteiger partial charge in [0.25, 0.3) is 0 Å². The minimum absolute atomic E-state index is 0.350. The molecule has 1 aromatic heterocycles. The third-order valence-corrected chi connectivity index (χ3v) is 5.27. The van der Waals surface area contributed by atoms with E-state index >= 15 is 0 Å². The van der Waals surface area contributed by atoms with E-state index in [4.69, 9.17) is 14.2 Å². The zero-order valence-corrected chi connectivity index (χ0v) is 19.1. The molecule has 4 rings (SSSR count). The molecule has 1 unspecified atom stereocenters. The van der Waals surface area contributed by atoms with Crippen molar-refractivity contribution in [3.63, 3.8) is 0 Å². The Bertz CT molecular complexity index is 1140. The molecule has 0 fully saturated rings. The average Bonchev–Trinajstić information content (AvgIpc) is 3.29. The third kappa shape index (κ3) is 4.84. The number of hydrogen-bond donors (Lipinski definition) is 1. The molecule has 1 N–H and O–H groups in total. The number of carbonyl (C=O) groups is 1. The maximum Gasteiger partial charge on any atom is 0.338 e. The maximum absolute atomic E-state index is 13.0. The Hall–Kier alpha value is -3.81. The monoisotopic (exact) mass is 448 g/mol. The Labute approximate surface area is 193 Å². The molecule has 0 saturated carbocycles. The first kappa shape index (κ1) is 22.4. The molecule has 33 heavy (non-hydrogen) atoms. The molecule has 1 atom stereocenters. The highest BCUT2D eigenvalue weighted by Gasteiger charge is 2.34. The molecule has 0 radical (unpaired) electrons. The Kier molecular flexibility index (Phi) is 6.92. The van der Waals surface area contributed by atoms with Gasteiger partial charge >= 0.3 is 5.97 Å². The van der Waals surface area contributed by atoms with Crippen molar-refractivity contribution in [2.45, 2.75) is 39.8 Å². The molecule has 2 aromatic carbocycles. The lowest BCUT2D eigenvalue weighted by molar-refractivity contribution is -0.139. The third-order valence-electron chi connectivity index (χ3n) is 5.27. The number of nitrogens with one attached hydrogen (secondary N) is 1. The van der Waals surface area contributed by atoms with Crippen LogP contribution in [0, 0.1) is 0 Å². The fraction of sp³-hybridized carbons (Fsp3) is 0.320. The van der Waals surface area contributed by atoms with E-state index in [1.54, 1.807) is 4.68 Å². The SMILES string of the molecule is CCCOC(=O)C1=C(C)Nc2ncnn2C1c1ccc(OCc2ccccc2)c(OCC)c1. The van der Waals surface area contributed by atoms with Crippen LogP contribution in [0.15, 0.2) is 66.1 Å². The molecule has 1 aliphatic heterocycles. The Morgan fingerprint density at radius 2 is 1.91 bits per heavy atom. The Balaban J connectivity index is 1.69. The topological polar surface area (TPSA) is 87.5 Å². The van der Waals surface area contributed by atoms with Gasteiger partial charge < -0.3 is 19.5 Å². The summed E-state index contributed by atoms with van der Waals surface area (Å²) >= 11 is 0. The second-order valence-corrected chi connectivity index (χ2v) is 7.64. The molecule has 2 heterocycles. The van der Waals surface area contributed by atoms with Gasteiger partial charge in [0.15, 0.2) is 11.5 Å². The van der Waals surface area contributed by atoms with E-state index in [-0.39, 0.29) is 5.97 Å². The smallest absolute Gasteiger partial charge is 0.338 e. The first-order valence-corrected chi connectivity index (χ1v) is 11.1. The molecule has 3 aromatic rings. The van der Waals surface area contributed by atoms with Gasteiger partial charge in [-0.1, -0.05) is 43.3 Å². The molecular weight excluding hydrogens is 420 g/mol. The van der Waals surface area contributed by atoms with Gasteiger partial charge in [-0.25, -0.2) is 9.48 Å². The summed E-state index contributed by atoms with van der Waals surface area (Å²) in [4.78, 5) is 17.3. The molecule has 0 aliphatic carbocycles. The van der Waals surface area contributed by atoms with Gasteiger partial charge in [0.05, 0.1) is 18.8 Å². The van der Waals surface area contributed by atoms with Crippen LogP contribution in [0.5, 0.6) is 11.5 Å². The van der Waals surface area contributed by atoms with Crippen LogP contribution in [0.3, 0.4) is 0 Å². The molecule has 0 saturated heterocycles. The van der Waals surface area contributed by atoms with Crippen molar-refractivity contribution in [3.05, 3.63) is 77.3 Å². The predicted molar refractivity (Wildman–Crippen MR) is 124 cm³/mol. The van der Waals surface area contributed by atoms with E-state index in [2.05, 4.69) is 15.4 Å². The van der Waals surface area contributed by atoms with Gasteiger partial charge in [0, 0.05) is 5.70 Å². The number of fused-ring (bicyclic) bond motifs is 1. The highest BCUT2D eigenvalue weighted by atomic mass is 16.5. The van der Waals surface area contributed by atoms with E-state index in [9.17, 15) is 4.79 Å². The lowest BCUT2D eigenvalue weighted by Crippen LogP contribution is -2.29. The standard InChI is InChI=1S/C25H28N4O4/c1-4-13-32-24(30)22-17(3)28-25-26-16-27-29(25)23(22)19-11-12-20(21(14-19)31-5-2)33-15-18-9-7-6-8-10-18/h6-12,14,16,23H,4-5,13,15H2,1-3H3,(H,26,27,28). The van der Waals surface area contributed by atoms with Crippen molar-refractivity contribution in [1.29, 1.82) is 0 Å². The number of esters is 1. The van der Waals surface area contributed by atoms with Gasteiger partial charge in [0.2, 0.25) is 5.95 Å². The molecule has 0 amide bonds. The number of anilines is 1. The van der Waals surface area contributed by atoms with Crippen LogP contribution >= 0.6 is 0 Å². The number of hydrogen-bond acceptors (Lipinski definition) is 7. The lowest BCUT2D eigenvalue weighted by atomic mass is 9.95. The largest absolute Gasteiger partial charge is 0.490 e. The molecule has 8 heteroatoms. The molecule has 0 bridgehead atoms. The van der Waals surface area contributed by atoms with E-state index in [1.165, 1.54) is 6.33 Å². The summed E-state index contributed by atoms with van der Waals surface area (Å²) in [6, 6.07) is 15.1. The second-order valence-electron chi connectivity index (χ2n) is 7.64. The quantitative estimate of drug-likeness (QED) is 0.482. The van der Waals surface area contributed by atoms with Gasteiger partial charge in [-0.15, -0.1) is 0 Å². The summed E-state index contributed by atoms with van der Waals surface area (Å²) in [5.74, 6) is 1.42. The number of ether oxygens (including phenoxy) is 3. The molecular formula is C25H28N4O4. The number of allylic oxidation sites excluding steroid dienone is 1. The maximum atomic E-state index is 13.0. The van der Waals surface area contributed by atoms with Crippen LogP contribution in [-0.4, -0.2) is 33.9 Å². The summed E-state index contributed by atoms with van der Waals surface area (Å²) in [5, 5.41) is 7.51. The van der Waals surface area contributed by atoms with Crippen LogP contribution in [0.1, 0.15) is 44.4 Å². The zero-order valence-electron chi connectivity index (χ0n) is 19.1. The minimum atomic E-state index is -0.504. The summed E-state index contributed by atoms with van der Waals surface area (Å²) in [6.07, 6.45) is 2.20. The van der Waals surface area contributed by atoms with E-state index < -0.39 is 6.04 Å².